The Morgan fingerprint density at radius 2 is 2.21 bits per heavy atom. The van der Waals surface area contributed by atoms with Crippen molar-refractivity contribution in [3.8, 4) is 0 Å². The molecule has 0 saturated carbocycles. The number of likely N-dealkylation sites (tertiary alicyclic amines) is 1. The third kappa shape index (κ3) is 2.93. The van der Waals surface area contributed by atoms with E-state index in [2.05, 4.69) is 6.58 Å². The SMILES string of the molecule is C=CCN(CCCC)C(=O)C1N([C@H](C)CO)C(=O)[C@@H]2[C@H](C(=O)O)[C@@H]3CCC12O3. The first-order valence-electron chi connectivity index (χ1n) is 10.1. The molecule has 8 heteroatoms. The van der Waals surface area contributed by atoms with E-state index >= 15 is 0 Å². The Morgan fingerprint density at radius 1 is 1.50 bits per heavy atom. The second-order valence-corrected chi connectivity index (χ2v) is 8.10. The van der Waals surface area contributed by atoms with Crippen LogP contribution in [-0.4, -0.2) is 81.3 Å². The molecule has 2 bridgehead atoms. The zero-order chi connectivity index (χ0) is 20.6. The molecule has 3 aliphatic rings. The molecular formula is C20H30N2O6. The molecule has 8 nitrogen and oxygen atoms in total. The highest BCUT2D eigenvalue weighted by atomic mass is 16.5. The highest BCUT2D eigenvalue weighted by molar-refractivity contribution is 5.98. The molecule has 0 aromatic heterocycles. The Bertz CT molecular complexity index is 667. The molecule has 3 heterocycles. The molecule has 3 rings (SSSR count). The molecule has 2 unspecified atom stereocenters. The van der Waals surface area contributed by atoms with Crippen LogP contribution in [0.1, 0.15) is 39.5 Å². The monoisotopic (exact) mass is 394 g/mol. The van der Waals surface area contributed by atoms with E-state index in [0.717, 1.165) is 12.8 Å². The van der Waals surface area contributed by atoms with Gasteiger partial charge in [-0.25, -0.2) is 0 Å². The van der Waals surface area contributed by atoms with Gasteiger partial charge in [0.1, 0.15) is 11.6 Å². The minimum atomic E-state index is -1.13. The van der Waals surface area contributed by atoms with Crippen LogP contribution < -0.4 is 0 Å². The van der Waals surface area contributed by atoms with Gasteiger partial charge in [-0.2, -0.15) is 0 Å². The Morgan fingerprint density at radius 3 is 2.79 bits per heavy atom. The molecule has 3 aliphatic heterocycles. The van der Waals surface area contributed by atoms with Crippen molar-refractivity contribution in [2.45, 2.75) is 63.3 Å². The molecule has 0 radical (unpaired) electrons. The van der Waals surface area contributed by atoms with E-state index in [4.69, 9.17) is 4.74 Å². The van der Waals surface area contributed by atoms with E-state index < -0.39 is 47.5 Å². The number of carbonyl (C=O) groups is 3. The van der Waals surface area contributed by atoms with Gasteiger partial charge in [-0.3, -0.25) is 14.4 Å². The number of nitrogens with zero attached hydrogens (tertiary/aromatic N) is 2. The predicted octanol–water partition coefficient (Wildman–Crippen LogP) is 0.641. The summed E-state index contributed by atoms with van der Waals surface area (Å²) in [6, 6.07) is -1.52. The van der Waals surface area contributed by atoms with E-state index in [1.165, 1.54) is 4.90 Å². The van der Waals surface area contributed by atoms with Gasteiger partial charge in [0.15, 0.2) is 0 Å². The number of hydrogen-bond donors (Lipinski definition) is 2. The minimum Gasteiger partial charge on any atom is -0.481 e. The largest absolute Gasteiger partial charge is 0.481 e. The van der Waals surface area contributed by atoms with Crippen LogP contribution in [0.15, 0.2) is 12.7 Å². The third-order valence-electron chi connectivity index (χ3n) is 6.44. The molecule has 156 valence electrons. The molecule has 3 fully saturated rings. The van der Waals surface area contributed by atoms with Crippen LogP contribution in [0.5, 0.6) is 0 Å². The van der Waals surface area contributed by atoms with Crippen molar-refractivity contribution in [1.29, 1.82) is 0 Å². The van der Waals surface area contributed by atoms with Crippen molar-refractivity contribution in [2.24, 2.45) is 11.8 Å². The molecule has 0 aromatic rings. The highest BCUT2D eigenvalue weighted by Crippen LogP contribution is 2.58. The number of aliphatic hydroxyl groups excluding tert-OH is 1. The van der Waals surface area contributed by atoms with E-state index in [1.54, 1.807) is 17.9 Å². The Kier molecular flexibility index (Phi) is 5.82. The summed E-state index contributed by atoms with van der Waals surface area (Å²) in [5.41, 5.74) is -1.13. The lowest BCUT2D eigenvalue weighted by molar-refractivity contribution is -0.153. The number of rotatable bonds is 9. The van der Waals surface area contributed by atoms with Gasteiger partial charge >= 0.3 is 5.97 Å². The van der Waals surface area contributed by atoms with Crippen LogP contribution >= 0.6 is 0 Å². The molecule has 0 aliphatic carbocycles. The van der Waals surface area contributed by atoms with Crippen molar-refractivity contribution in [3.63, 3.8) is 0 Å². The Balaban J connectivity index is 2.03. The van der Waals surface area contributed by atoms with Crippen molar-refractivity contribution >= 4 is 17.8 Å². The van der Waals surface area contributed by atoms with Crippen LogP contribution in [0.25, 0.3) is 0 Å². The van der Waals surface area contributed by atoms with Crippen molar-refractivity contribution in [1.82, 2.24) is 9.80 Å². The van der Waals surface area contributed by atoms with Crippen molar-refractivity contribution < 1.29 is 29.3 Å². The maximum absolute atomic E-state index is 13.6. The van der Waals surface area contributed by atoms with Gasteiger partial charge in [0.2, 0.25) is 11.8 Å². The number of carboxylic acids is 1. The average Bonchev–Trinajstić information content (AvgIpc) is 3.31. The number of hydrogen-bond acceptors (Lipinski definition) is 5. The molecule has 28 heavy (non-hydrogen) atoms. The Hall–Kier alpha value is -1.93. The number of ether oxygens (including phenoxy) is 1. The summed E-state index contributed by atoms with van der Waals surface area (Å²) >= 11 is 0. The number of fused-ring (bicyclic) bond motifs is 1. The standard InChI is InChI=1S/C20H30N2O6/c1-4-6-10-21(9-5-2)18(25)16-20-8-7-13(28-20)14(19(26)27)15(20)17(24)22(16)12(3)11-23/h5,12-16,23H,2,4,6-11H2,1,3H3,(H,26,27)/t12-,13+,14-,15+,16?,20?/m1/s1. The molecular weight excluding hydrogens is 364 g/mol. The topological polar surface area (TPSA) is 107 Å². The van der Waals surface area contributed by atoms with Gasteiger partial charge in [0, 0.05) is 13.1 Å². The van der Waals surface area contributed by atoms with Crippen molar-refractivity contribution in [2.75, 3.05) is 19.7 Å². The normalized spacial score (nSPS) is 34.4. The van der Waals surface area contributed by atoms with E-state index in [0.29, 0.717) is 25.9 Å². The summed E-state index contributed by atoms with van der Waals surface area (Å²) in [6.07, 6.45) is 3.81. The maximum Gasteiger partial charge on any atom is 0.310 e. The maximum atomic E-state index is 13.6. The first kappa shape index (κ1) is 20.8. The summed E-state index contributed by atoms with van der Waals surface area (Å²) in [5.74, 6) is -3.55. The second kappa shape index (κ2) is 7.83. The smallest absolute Gasteiger partial charge is 0.310 e. The van der Waals surface area contributed by atoms with E-state index in [1.807, 2.05) is 6.92 Å². The number of aliphatic carboxylic acids is 1. The van der Waals surface area contributed by atoms with Crippen LogP contribution in [0.2, 0.25) is 0 Å². The lowest BCUT2D eigenvalue weighted by Crippen LogP contribution is -2.58. The molecule has 1 spiro atoms. The summed E-state index contributed by atoms with van der Waals surface area (Å²) < 4.78 is 6.12. The van der Waals surface area contributed by atoms with Gasteiger partial charge < -0.3 is 24.7 Å². The van der Waals surface area contributed by atoms with Gasteiger partial charge in [-0.15, -0.1) is 6.58 Å². The fourth-order valence-corrected chi connectivity index (χ4v) is 5.18. The first-order chi connectivity index (χ1) is 13.3. The second-order valence-electron chi connectivity index (χ2n) is 8.10. The van der Waals surface area contributed by atoms with Crippen LogP contribution in [0.4, 0.5) is 0 Å². The van der Waals surface area contributed by atoms with Gasteiger partial charge in [-0.1, -0.05) is 19.4 Å². The highest BCUT2D eigenvalue weighted by Gasteiger charge is 2.75. The molecule has 6 atom stereocenters. The van der Waals surface area contributed by atoms with Crippen LogP contribution in [0, 0.1) is 11.8 Å². The van der Waals surface area contributed by atoms with Crippen molar-refractivity contribution in [3.05, 3.63) is 12.7 Å². The number of carboxylic acid groups (broad SMARTS) is 1. The molecule has 3 saturated heterocycles. The number of amides is 2. The first-order valence-corrected chi connectivity index (χ1v) is 10.1. The summed E-state index contributed by atoms with van der Waals surface area (Å²) in [7, 11) is 0. The van der Waals surface area contributed by atoms with Crippen LogP contribution in [-0.2, 0) is 19.1 Å². The van der Waals surface area contributed by atoms with Gasteiger partial charge in [0.25, 0.3) is 0 Å². The zero-order valence-corrected chi connectivity index (χ0v) is 16.5. The number of unbranched alkanes of at least 4 members (excludes halogenated alkanes) is 1. The van der Waals surface area contributed by atoms with E-state index in [9.17, 15) is 24.6 Å². The molecule has 0 aromatic carbocycles. The van der Waals surface area contributed by atoms with Gasteiger partial charge in [-0.05, 0) is 26.2 Å². The lowest BCUT2D eigenvalue weighted by Gasteiger charge is -2.38. The fourth-order valence-electron chi connectivity index (χ4n) is 5.18. The van der Waals surface area contributed by atoms with Gasteiger partial charge in [0.05, 0.1) is 30.6 Å². The fraction of sp³-hybridized carbons (Fsp3) is 0.750. The summed E-state index contributed by atoms with van der Waals surface area (Å²) in [5, 5.41) is 19.4. The average molecular weight is 394 g/mol. The number of carbonyl (C=O) groups excluding carboxylic acids is 2. The van der Waals surface area contributed by atoms with E-state index in [-0.39, 0.29) is 12.5 Å². The minimum absolute atomic E-state index is 0.254. The zero-order valence-electron chi connectivity index (χ0n) is 16.5. The lowest BCUT2D eigenvalue weighted by atomic mass is 9.70. The number of aliphatic hydroxyl groups is 1. The summed E-state index contributed by atoms with van der Waals surface area (Å²) in [4.78, 5) is 41.8. The third-order valence-corrected chi connectivity index (χ3v) is 6.44. The predicted molar refractivity (Wildman–Crippen MR) is 100 cm³/mol. The van der Waals surface area contributed by atoms with Crippen LogP contribution in [0.3, 0.4) is 0 Å². The Labute approximate surface area is 165 Å². The quantitative estimate of drug-likeness (QED) is 0.556. The summed E-state index contributed by atoms with van der Waals surface area (Å²) in [6.45, 7) is 7.99. The molecule has 2 N–H and O–H groups in total. The molecule has 2 amide bonds.